The molecule has 0 amide bonds. The van der Waals surface area contributed by atoms with E-state index < -0.39 is 0 Å². The van der Waals surface area contributed by atoms with Crippen LogP contribution in [0.1, 0.15) is 11.1 Å². The zero-order valence-electron chi connectivity index (χ0n) is 31.9. The Hall–Kier alpha value is -8.58. The second kappa shape index (κ2) is 12.0. The van der Waals surface area contributed by atoms with E-state index in [9.17, 15) is 10.5 Å². The Morgan fingerprint density at radius 2 is 0.867 bits per heavy atom. The van der Waals surface area contributed by atoms with Gasteiger partial charge in [-0.25, -0.2) is 0 Å². The molecule has 4 aromatic heterocycles. The average Bonchev–Trinajstić information content (AvgIpc) is 4.04. The van der Waals surface area contributed by atoms with E-state index in [1.807, 2.05) is 48.5 Å². The molecule has 276 valence electrons. The first-order valence-corrected chi connectivity index (χ1v) is 20.0. The summed E-state index contributed by atoms with van der Waals surface area (Å²) < 4.78 is 13.0. The molecule has 13 rings (SSSR count). The molecule has 6 nitrogen and oxygen atoms in total. The molecule has 0 atom stereocenters. The van der Waals surface area contributed by atoms with Crippen LogP contribution in [0, 0.1) is 22.7 Å². The topological polar surface area (TPSA) is 75.5 Å². The van der Waals surface area contributed by atoms with E-state index in [0.717, 1.165) is 93.0 Å². The van der Waals surface area contributed by atoms with E-state index >= 15 is 0 Å². The van der Waals surface area contributed by atoms with Gasteiger partial charge in [0.05, 0.1) is 55.6 Å². The van der Waals surface area contributed by atoms with Crippen LogP contribution in [0.5, 0.6) is 0 Å². The number of fused-ring (bicyclic) bond motifs is 15. The fourth-order valence-electron chi connectivity index (χ4n) is 10.0. The molecular weight excluding hydrogens is 735 g/mol. The molecule has 4 heterocycles. The quantitative estimate of drug-likeness (QED) is 0.180. The van der Waals surface area contributed by atoms with Gasteiger partial charge < -0.3 is 18.1 Å². The molecule has 0 aliphatic carbocycles. The number of nitriles is 2. The van der Waals surface area contributed by atoms with Crippen LogP contribution >= 0.6 is 0 Å². The van der Waals surface area contributed by atoms with E-state index in [1.165, 1.54) is 10.8 Å². The average molecular weight is 764 g/mol. The Labute approximate surface area is 341 Å². The Bertz CT molecular complexity index is 4050. The van der Waals surface area contributed by atoms with Gasteiger partial charge in [-0.2, -0.15) is 10.5 Å². The van der Waals surface area contributed by atoms with Crippen LogP contribution in [0.2, 0.25) is 0 Å². The maximum atomic E-state index is 11.1. The van der Waals surface area contributed by atoms with Crippen molar-refractivity contribution in [1.82, 2.24) is 13.7 Å². The molecule has 0 radical (unpaired) electrons. The molecule has 0 unspecified atom stereocenters. The second-order valence-corrected chi connectivity index (χ2v) is 15.5. The van der Waals surface area contributed by atoms with Crippen molar-refractivity contribution in [2.45, 2.75) is 0 Å². The van der Waals surface area contributed by atoms with Crippen LogP contribution in [0.25, 0.3) is 115 Å². The van der Waals surface area contributed by atoms with Crippen molar-refractivity contribution in [1.29, 1.82) is 10.5 Å². The number of hydrogen-bond acceptors (Lipinski definition) is 3. The lowest BCUT2D eigenvalue weighted by Crippen LogP contribution is -2.04. The third-order valence-electron chi connectivity index (χ3n) is 12.5. The zero-order chi connectivity index (χ0) is 39.6. The van der Waals surface area contributed by atoms with Crippen molar-refractivity contribution in [2.75, 3.05) is 0 Å². The number of rotatable bonds is 3. The molecule has 0 bridgehead atoms. The lowest BCUT2D eigenvalue weighted by molar-refractivity contribution is 0.669. The molecule has 0 N–H and O–H groups in total. The fourth-order valence-corrected chi connectivity index (χ4v) is 10.0. The minimum Gasteiger partial charge on any atom is -0.456 e. The summed E-state index contributed by atoms with van der Waals surface area (Å²) in [5, 5.41) is 33.1. The summed E-state index contributed by atoms with van der Waals surface area (Å²) in [4.78, 5) is 0. The standard InChI is InChI=1S/C54H29N5O/c55-30-33-28-49(34(31-56)27-48(33)58-44-19-9-5-15-39(44)53-47(58)25-26-51-54(53)40-16-6-10-20-50(40)60-51)59-45-24-22-35(29-41(45)52-36-12-2-1-11-32(36)21-23-46(52)59)57-42-17-7-3-13-37(42)38-14-4-8-18-43(38)57/h1-29H. The number of nitrogens with zero attached hydrogens (tertiary/aromatic N) is 5. The SMILES string of the molecule is N#Cc1cc(-n2c3ccccc3c3c4c(ccc32)oc2ccccc24)c(C#N)cc1-n1c2ccc(-n3c4ccccc4c4ccccc43)cc2c2c3ccccc3ccc21. The summed E-state index contributed by atoms with van der Waals surface area (Å²) in [5.41, 5.74) is 11.0. The van der Waals surface area contributed by atoms with Crippen LogP contribution in [0.4, 0.5) is 0 Å². The van der Waals surface area contributed by atoms with Gasteiger partial charge in [0.15, 0.2) is 0 Å². The molecule has 0 saturated carbocycles. The van der Waals surface area contributed by atoms with Crippen LogP contribution in [-0.2, 0) is 0 Å². The Balaban J connectivity index is 1.10. The van der Waals surface area contributed by atoms with Gasteiger partial charge in [0, 0.05) is 48.8 Å². The van der Waals surface area contributed by atoms with Crippen molar-refractivity contribution in [3.63, 3.8) is 0 Å². The maximum Gasteiger partial charge on any atom is 0.136 e. The van der Waals surface area contributed by atoms with Gasteiger partial charge in [0.2, 0.25) is 0 Å². The Morgan fingerprint density at radius 1 is 0.350 bits per heavy atom. The van der Waals surface area contributed by atoms with Crippen LogP contribution in [-0.4, -0.2) is 13.7 Å². The van der Waals surface area contributed by atoms with E-state index in [1.54, 1.807) is 0 Å². The number of para-hydroxylation sites is 4. The van der Waals surface area contributed by atoms with Crippen LogP contribution in [0.3, 0.4) is 0 Å². The predicted octanol–water partition coefficient (Wildman–Crippen LogP) is 13.8. The number of furan rings is 1. The molecule has 13 aromatic rings. The van der Waals surface area contributed by atoms with Crippen molar-refractivity contribution in [3.05, 3.63) is 187 Å². The maximum absolute atomic E-state index is 11.1. The largest absolute Gasteiger partial charge is 0.456 e. The van der Waals surface area contributed by atoms with Gasteiger partial charge in [-0.1, -0.05) is 103 Å². The minimum absolute atomic E-state index is 0.460. The van der Waals surface area contributed by atoms with E-state index in [4.69, 9.17) is 4.42 Å². The van der Waals surface area contributed by atoms with Gasteiger partial charge in [0.1, 0.15) is 23.3 Å². The highest BCUT2D eigenvalue weighted by molar-refractivity contribution is 6.27. The van der Waals surface area contributed by atoms with Crippen LogP contribution in [0.15, 0.2) is 180 Å². The molecular formula is C54H29N5O. The van der Waals surface area contributed by atoms with Crippen molar-refractivity contribution < 1.29 is 4.42 Å². The number of aromatic nitrogens is 3. The molecule has 9 aromatic carbocycles. The molecule has 6 heteroatoms. The van der Waals surface area contributed by atoms with E-state index in [-0.39, 0.29) is 0 Å². The van der Waals surface area contributed by atoms with Crippen LogP contribution < -0.4 is 0 Å². The summed E-state index contributed by atoms with van der Waals surface area (Å²) in [7, 11) is 0. The van der Waals surface area contributed by atoms with Crippen molar-refractivity contribution in [3.8, 4) is 29.2 Å². The summed E-state index contributed by atoms with van der Waals surface area (Å²) in [5.74, 6) is 0. The predicted molar refractivity (Wildman–Crippen MR) is 244 cm³/mol. The normalized spacial score (nSPS) is 12.0. The van der Waals surface area contributed by atoms with Gasteiger partial charge >= 0.3 is 0 Å². The van der Waals surface area contributed by atoms with Crippen molar-refractivity contribution in [2.24, 2.45) is 0 Å². The molecule has 0 fully saturated rings. The lowest BCUT2D eigenvalue weighted by Gasteiger charge is -2.16. The fraction of sp³-hybridized carbons (Fsp3) is 0. The Kier molecular flexibility index (Phi) is 6.48. The van der Waals surface area contributed by atoms with E-state index in [2.05, 4.69) is 153 Å². The highest BCUT2D eigenvalue weighted by atomic mass is 16.3. The lowest BCUT2D eigenvalue weighted by atomic mass is 10.0. The molecule has 0 saturated heterocycles. The van der Waals surface area contributed by atoms with Gasteiger partial charge in [-0.15, -0.1) is 0 Å². The second-order valence-electron chi connectivity index (χ2n) is 15.5. The third-order valence-corrected chi connectivity index (χ3v) is 12.5. The summed E-state index contributed by atoms with van der Waals surface area (Å²) in [6, 6.07) is 65.8. The Morgan fingerprint density at radius 3 is 1.55 bits per heavy atom. The molecule has 0 spiro atoms. The van der Waals surface area contributed by atoms with Crippen molar-refractivity contribution >= 4 is 98.1 Å². The summed E-state index contributed by atoms with van der Waals surface area (Å²) in [6.07, 6.45) is 0. The molecule has 0 aliphatic rings. The minimum atomic E-state index is 0.460. The summed E-state index contributed by atoms with van der Waals surface area (Å²) in [6.45, 7) is 0. The first kappa shape index (κ1) is 32.5. The number of hydrogen-bond donors (Lipinski definition) is 0. The zero-order valence-corrected chi connectivity index (χ0v) is 31.9. The number of benzene rings is 9. The first-order chi connectivity index (χ1) is 29.7. The van der Waals surface area contributed by atoms with Gasteiger partial charge in [-0.05, 0) is 83.6 Å². The highest BCUT2D eigenvalue weighted by Crippen LogP contribution is 2.44. The smallest absolute Gasteiger partial charge is 0.136 e. The highest BCUT2D eigenvalue weighted by Gasteiger charge is 2.24. The monoisotopic (exact) mass is 763 g/mol. The third kappa shape index (κ3) is 4.23. The van der Waals surface area contributed by atoms with E-state index in [0.29, 0.717) is 22.5 Å². The first-order valence-electron chi connectivity index (χ1n) is 20.0. The molecule has 60 heavy (non-hydrogen) atoms. The molecule has 0 aliphatic heterocycles. The van der Waals surface area contributed by atoms with Gasteiger partial charge in [-0.3, -0.25) is 0 Å². The summed E-state index contributed by atoms with van der Waals surface area (Å²) >= 11 is 0. The van der Waals surface area contributed by atoms with Gasteiger partial charge in [0.25, 0.3) is 0 Å².